The van der Waals surface area contributed by atoms with Gasteiger partial charge in [-0.05, 0) is 29.8 Å². The van der Waals surface area contributed by atoms with Crippen LogP contribution in [0.2, 0.25) is 0 Å². The number of hydrogen-bond acceptors (Lipinski definition) is 5. The van der Waals surface area contributed by atoms with Crippen LogP contribution in [0, 0.1) is 5.82 Å². The molecule has 2 amide bonds. The number of thiazole rings is 1. The van der Waals surface area contributed by atoms with Crippen LogP contribution in [-0.4, -0.2) is 25.2 Å². The number of carbonyl (C=O) groups is 1. The van der Waals surface area contributed by atoms with Crippen LogP contribution in [0.15, 0.2) is 47.8 Å². The van der Waals surface area contributed by atoms with Crippen LogP contribution in [0.5, 0.6) is 11.5 Å². The van der Waals surface area contributed by atoms with Gasteiger partial charge in [0.05, 0.1) is 32.3 Å². The number of methoxy groups -OCH3 is 2. The van der Waals surface area contributed by atoms with Gasteiger partial charge in [-0.1, -0.05) is 12.1 Å². The SMILES string of the molecule is COc1ccc(CN(C(=O)NCc2cccc(F)c2)c2nc(CCl)cs2)c(OC)c1. The standard InChI is InChI=1S/C21H21ClFN3O3S/c1-28-18-7-6-15(19(9-18)29-2)12-26(21-25-17(10-22)13-30-21)20(27)24-11-14-4-3-5-16(23)8-14/h3-9,13H,10-12H2,1-2H3,(H,24,27). The zero-order valence-corrected chi connectivity index (χ0v) is 18.1. The number of urea groups is 1. The average molecular weight is 450 g/mol. The summed E-state index contributed by atoms with van der Waals surface area (Å²) in [5.41, 5.74) is 2.12. The van der Waals surface area contributed by atoms with Crippen LogP contribution in [0.25, 0.3) is 0 Å². The summed E-state index contributed by atoms with van der Waals surface area (Å²) in [5.74, 6) is 1.14. The predicted molar refractivity (Wildman–Crippen MR) is 116 cm³/mol. The maximum Gasteiger partial charge on any atom is 0.324 e. The molecule has 0 spiro atoms. The third kappa shape index (κ3) is 5.40. The van der Waals surface area contributed by atoms with Crippen molar-refractivity contribution in [2.75, 3.05) is 19.1 Å². The number of nitrogens with zero attached hydrogens (tertiary/aromatic N) is 2. The van der Waals surface area contributed by atoms with Gasteiger partial charge in [0, 0.05) is 23.6 Å². The van der Waals surface area contributed by atoms with E-state index in [-0.39, 0.29) is 30.8 Å². The first-order valence-corrected chi connectivity index (χ1v) is 10.5. The number of hydrogen-bond donors (Lipinski definition) is 1. The van der Waals surface area contributed by atoms with E-state index in [4.69, 9.17) is 21.1 Å². The Morgan fingerprint density at radius 1 is 1.23 bits per heavy atom. The van der Waals surface area contributed by atoms with Crippen LogP contribution >= 0.6 is 22.9 Å². The van der Waals surface area contributed by atoms with Gasteiger partial charge in [0.15, 0.2) is 5.13 Å². The highest BCUT2D eigenvalue weighted by Crippen LogP contribution is 2.29. The maximum atomic E-state index is 13.4. The second-order valence-corrected chi connectivity index (χ2v) is 7.41. The normalized spacial score (nSPS) is 10.5. The summed E-state index contributed by atoms with van der Waals surface area (Å²) in [6.45, 7) is 0.401. The first-order valence-electron chi connectivity index (χ1n) is 9.05. The molecule has 30 heavy (non-hydrogen) atoms. The number of halogens is 2. The lowest BCUT2D eigenvalue weighted by Crippen LogP contribution is -2.39. The molecule has 1 heterocycles. The fourth-order valence-corrected chi connectivity index (χ4v) is 3.83. The fourth-order valence-electron chi connectivity index (χ4n) is 2.78. The first kappa shape index (κ1) is 21.9. The van der Waals surface area contributed by atoms with Gasteiger partial charge in [-0.2, -0.15) is 0 Å². The molecule has 0 atom stereocenters. The molecule has 9 heteroatoms. The van der Waals surface area contributed by atoms with Crippen LogP contribution in [-0.2, 0) is 19.0 Å². The molecule has 0 fully saturated rings. The number of nitrogens with one attached hydrogen (secondary N) is 1. The molecule has 158 valence electrons. The van der Waals surface area contributed by atoms with Gasteiger partial charge in [0.2, 0.25) is 0 Å². The Kier molecular flexibility index (Phi) is 7.48. The fraction of sp³-hybridized carbons (Fsp3) is 0.238. The summed E-state index contributed by atoms with van der Waals surface area (Å²) in [7, 11) is 3.13. The molecule has 0 unspecified atom stereocenters. The minimum absolute atomic E-state index is 0.181. The molecule has 1 N–H and O–H groups in total. The summed E-state index contributed by atoms with van der Waals surface area (Å²) in [4.78, 5) is 19.0. The summed E-state index contributed by atoms with van der Waals surface area (Å²) in [5, 5.41) is 5.13. The molecule has 3 rings (SSSR count). The van der Waals surface area contributed by atoms with Gasteiger partial charge in [-0.15, -0.1) is 22.9 Å². The van der Waals surface area contributed by atoms with Crippen LogP contribution < -0.4 is 19.7 Å². The number of ether oxygens (including phenoxy) is 2. The summed E-state index contributed by atoms with van der Waals surface area (Å²) in [6, 6.07) is 11.1. The quantitative estimate of drug-likeness (QED) is 0.494. The minimum Gasteiger partial charge on any atom is -0.497 e. The Labute approximate surface area is 183 Å². The van der Waals surface area contributed by atoms with Gasteiger partial charge >= 0.3 is 6.03 Å². The topological polar surface area (TPSA) is 63.7 Å². The highest BCUT2D eigenvalue weighted by Gasteiger charge is 2.21. The van der Waals surface area contributed by atoms with E-state index in [0.717, 1.165) is 5.56 Å². The Hall–Kier alpha value is -2.84. The second-order valence-electron chi connectivity index (χ2n) is 6.31. The van der Waals surface area contributed by atoms with E-state index in [1.54, 1.807) is 43.9 Å². The number of anilines is 1. The van der Waals surface area contributed by atoms with Gasteiger partial charge in [-0.25, -0.2) is 14.2 Å². The van der Waals surface area contributed by atoms with E-state index in [2.05, 4.69) is 10.3 Å². The zero-order valence-electron chi connectivity index (χ0n) is 16.5. The summed E-state index contributed by atoms with van der Waals surface area (Å²) in [6.07, 6.45) is 0. The van der Waals surface area contributed by atoms with Crippen molar-refractivity contribution < 1.29 is 18.7 Å². The third-order valence-electron chi connectivity index (χ3n) is 4.31. The van der Waals surface area contributed by atoms with Crippen LogP contribution in [0.4, 0.5) is 14.3 Å². The number of rotatable bonds is 8. The number of alkyl halides is 1. The van der Waals surface area contributed by atoms with E-state index < -0.39 is 0 Å². The van der Waals surface area contributed by atoms with E-state index in [1.165, 1.54) is 28.4 Å². The van der Waals surface area contributed by atoms with E-state index in [0.29, 0.717) is 27.9 Å². The largest absolute Gasteiger partial charge is 0.497 e. The molecular formula is C21H21ClFN3O3S. The second kappa shape index (κ2) is 10.3. The van der Waals surface area contributed by atoms with Gasteiger partial charge in [0.1, 0.15) is 17.3 Å². The summed E-state index contributed by atoms with van der Waals surface area (Å²) >= 11 is 7.20. The molecule has 1 aromatic heterocycles. The Balaban J connectivity index is 1.84. The molecule has 0 aliphatic carbocycles. The Morgan fingerprint density at radius 3 is 2.73 bits per heavy atom. The van der Waals surface area contributed by atoms with Crippen LogP contribution in [0.1, 0.15) is 16.8 Å². The highest BCUT2D eigenvalue weighted by molar-refractivity contribution is 7.14. The predicted octanol–water partition coefficient (Wildman–Crippen LogP) is 4.95. The van der Waals surface area contributed by atoms with Crippen molar-refractivity contribution in [2.45, 2.75) is 19.0 Å². The number of benzene rings is 2. The van der Waals surface area contributed by atoms with Crippen molar-refractivity contribution in [3.8, 4) is 11.5 Å². The molecule has 0 aliphatic heterocycles. The zero-order chi connectivity index (χ0) is 21.5. The number of amides is 2. The van der Waals surface area contributed by atoms with Crippen molar-refractivity contribution in [1.29, 1.82) is 0 Å². The lowest BCUT2D eigenvalue weighted by Gasteiger charge is -2.22. The molecule has 3 aromatic rings. The van der Waals surface area contributed by atoms with Gasteiger partial charge < -0.3 is 14.8 Å². The Morgan fingerprint density at radius 2 is 2.07 bits per heavy atom. The van der Waals surface area contributed by atoms with Crippen LogP contribution in [0.3, 0.4) is 0 Å². The third-order valence-corrected chi connectivity index (χ3v) is 5.49. The molecule has 0 bridgehead atoms. The number of carbonyl (C=O) groups excluding carboxylic acids is 1. The summed E-state index contributed by atoms with van der Waals surface area (Å²) < 4.78 is 24.1. The molecule has 6 nitrogen and oxygen atoms in total. The maximum absolute atomic E-state index is 13.4. The van der Waals surface area contributed by atoms with E-state index in [9.17, 15) is 9.18 Å². The van der Waals surface area contributed by atoms with Crippen molar-refractivity contribution >= 4 is 34.1 Å². The van der Waals surface area contributed by atoms with Crippen molar-refractivity contribution in [1.82, 2.24) is 10.3 Å². The van der Waals surface area contributed by atoms with Crippen molar-refractivity contribution in [3.63, 3.8) is 0 Å². The molecule has 2 aromatic carbocycles. The molecule has 0 radical (unpaired) electrons. The molecular weight excluding hydrogens is 429 g/mol. The highest BCUT2D eigenvalue weighted by atomic mass is 35.5. The number of aromatic nitrogens is 1. The van der Waals surface area contributed by atoms with Crippen molar-refractivity contribution in [3.05, 3.63) is 70.5 Å². The molecule has 0 saturated heterocycles. The van der Waals surface area contributed by atoms with E-state index >= 15 is 0 Å². The van der Waals surface area contributed by atoms with Gasteiger partial charge in [0.25, 0.3) is 0 Å². The van der Waals surface area contributed by atoms with E-state index in [1.807, 2.05) is 6.07 Å². The molecule has 0 aliphatic rings. The molecule has 0 saturated carbocycles. The first-order chi connectivity index (χ1) is 14.5. The lowest BCUT2D eigenvalue weighted by molar-refractivity contribution is 0.245. The van der Waals surface area contributed by atoms with Crippen molar-refractivity contribution in [2.24, 2.45) is 0 Å². The average Bonchev–Trinajstić information content (AvgIpc) is 3.24. The lowest BCUT2D eigenvalue weighted by atomic mass is 10.2. The smallest absolute Gasteiger partial charge is 0.324 e. The Bertz CT molecular complexity index is 1010. The minimum atomic E-state index is -0.368. The monoisotopic (exact) mass is 449 g/mol. The van der Waals surface area contributed by atoms with Gasteiger partial charge in [-0.3, -0.25) is 4.90 Å².